The second-order valence-corrected chi connectivity index (χ2v) is 6.63. The molecule has 3 atom stereocenters. The van der Waals surface area contributed by atoms with Crippen molar-refractivity contribution >= 4 is 0 Å². The van der Waals surface area contributed by atoms with Gasteiger partial charge in [-0.25, -0.2) is 0 Å². The molecule has 1 saturated heterocycles. The molecule has 1 fully saturated rings. The van der Waals surface area contributed by atoms with Crippen LogP contribution in [0.5, 0.6) is 0 Å². The molecule has 0 aromatic heterocycles. The number of likely N-dealkylation sites (tertiary alicyclic amines) is 1. The highest BCUT2D eigenvalue weighted by atomic mass is 16.3. The second-order valence-electron chi connectivity index (χ2n) is 6.63. The smallest absolute Gasteiger partial charge is 0.0682 e. The van der Waals surface area contributed by atoms with Crippen molar-refractivity contribution in [1.82, 2.24) is 10.2 Å². The van der Waals surface area contributed by atoms with Crippen LogP contribution in [0.25, 0.3) is 0 Å². The molecule has 1 aromatic carbocycles. The Kier molecular flexibility index (Phi) is 6.22. The first kappa shape index (κ1) is 16.5. The Balaban J connectivity index is 1.90. The minimum atomic E-state index is -0.181. The Morgan fingerprint density at radius 3 is 2.62 bits per heavy atom. The molecule has 3 nitrogen and oxygen atoms in total. The molecule has 0 amide bonds. The fraction of sp³-hybridized carbons (Fsp3) is 0.667. The summed E-state index contributed by atoms with van der Waals surface area (Å²) in [6.07, 6.45) is 1.86. The van der Waals surface area contributed by atoms with Gasteiger partial charge in [0.05, 0.1) is 6.10 Å². The van der Waals surface area contributed by atoms with Crippen molar-refractivity contribution in [3.8, 4) is 0 Å². The number of rotatable bonds is 7. The van der Waals surface area contributed by atoms with E-state index in [9.17, 15) is 5.11 Å². The average Bonchev–Trinajstić information content (AvgIpc) is 2.80. The number of benzene rings is 1. The van der Waals surface area contributed by atoms with Crippen molar-refractivity contribution in [1.29, 1.82) is 0 Å². The van der Waals surface area contributed by atoms with Crippen molar-refractivity contribution in [2.45, 2.75) is 58.3 Å². The Bertz CT molecular complexity index is 407. The van der Waals surface area contributed by atoms with Gasteiger partial charge in [-0.2, -0.15) is 0 Å². The molecule has 1 aliphatic heterocycles. The lowest BCUT2D eigenvalue weighted by Crippen LogP contribution is -2.43. The molecule has 0 saturated carbocycles. The Hall–Kier alpha value is -0.900. The predicted octanol–water partition coefficient (Wildman–Crippen LogP) is 2.65. The van der Waals surface area contributed by atoms with Gasteiger partial charge in [0.15, 0.2) is 0 Å². The van der Waals surface area contributed by atoms with Crippen molar-refractivity contribution in [3.05, 3.63) is 35.9 Å². The summed E-state index contributed by atoms with van der Waals surface area (Å²) in [6.45, 7) is 9.48. The molecule has 0 bridgehead atoms. The van der Waals surface area contributed by atoms with Crippen LogP contribution in [-0.4, -0.2) is 41.3 Å². The average molecular weight is 290 g/mol. The third-order valence-electron chi connectivity index (χ3n) is 4.59. The van der Waals surface area contributed by atoms with Gasteiger partial charge in [-0.15, -0.1) is 0 Å². The zero-order valence-corrected chi connectivity index (χ0v) is 13.6. The molecule has 21 heavy (non-hydrogen) atoms. The van der Waals surface area contributed by atoms with Gasteiger partial charge < -0.3 is 10.4 Å². The number of nitrogens with zero attached hydrogens (tertiary/aromatic N) is 1. The van der Waals surface area contributed by atoms with Gasteiger partial charge in [0, 0.05) is 31.7 Å². The Labute approximate surface area is 129 Å². The van der Waals surface area contributed by atoms with E-state index in [-0.39, 0.29) is 6.10 Å². The summed E-state index contributed by atoms with van der Waals surface area (Å²) in [4.78, 5) is 2.42. The van der Waals surface area contributed by atoms with Gasteiger partial charge >= 0.3 is 0 Å². The van der Waals surface area contributed by atoms with Crippen molar-refractivity contribution in [2.24, 2.45) is 5.92 Å². The minimum Gasteiger partial charge on any atom is -0.392 e. The summed E-state index contributed by atoms with van der Waals surface area (Å²) in [5, 5.41) is 13.7. The van der Waals surface area contributed by atoms with Crippen LogP contribution >= 0.6 is 0 Å². The largest absolute Gasteiger partial charge is 0.392 e. The van der Waals surface area contributed by atoms with Gasteiger partial charge in [0.1, 0.15) is 0 Å². The Morgan fingerprint density at radius 2 is 2.00 bits per heavy atom. The summed E-state index contributed by atoms with van der Waals surface area (Å²) in [6, 6.07) is 11.6. The summed E-state index contributed by atoms with van der Waals surface area (Å²) >= 11 is 0. The maximum atomic E-state index is 10.0. The van der Waals surface area contributed by atoms with E-state index in [1.807, 2.05) is 0 Å². The zero-order chi connectivity index (χ0) is 15.2. The molecule has 0 radical (unpaired) electrons. The number of hydrogen-bond donors (Lipinski definition) is 2. The SMILES string of the molecule is CCC(NCC1CC(O)CN1Cc1ccccc1)C(C)C. The van der Waals surface area contributed by atoms with Crippen LogP contribution in [0.4, 0.5) is 0 Å². The number of aliphatic hydroxyl groups is 1. The normalized spacial score (nSPS) is 24.6. The van der Waals surface area contributed by atoms with E-state index in [0.717, 1.165) is 32.5 Å². The molecule has 2 rings (SSSR count). The van der Waals surface area contributed by atoms with Crippen LogP contribution in [-0.2, 0) is 6.54 Å². The van der Waals surface area contributed by atoms with E-state index < -0.39 is 0 Å². The molecule has 118 valence electrons. The molecule has 3 heteroatoms. The van der Waals surface area contributed by atoms with E-state index in [1.165, 1.54) is 5.56 Å². The van der Waals surface area contributed by atoms with Gasteiger partial charge in [-0.3, -0.25) is 4.90 Å². The standard InChI is InChI=1S/C18H30N2O/c1-4-18(14(2)3)19-11-16-10-17(21)13-20(16)12-15-8-6-5-7-9-15/h5-9,14,16-19,21H,4,10-13H2,1-3H3. The molecular formula is C18H30N2O. The number of hydrogen-bond acceptors (Lipinski definition) is 3. The van der Waals surface area contributed by atoms with Gasteiger partial charge in [0.2, 0.25) is 0 Å². The third kappa shape index (κ3) is 4.80. The highest BCUT2D eigenvalue weighted by Crippen LogP contribution is 2.20. The van der Waals surface area contributed by atoms with Gasteiger partial charge in [-0.05, 0) is 24.3 Å². The zero-order valence-electron chi connectivity index (χ0n) is 13.6. The maximum absolute atomic E-state index is 10.0. The highest BCUT2D eigenvalue weighted by Gasteiger charge is 2.31. The first-order valence-electron chi connectivity index (χ1n) is 8.29. The van der Waals surface area contributed by atoms with E-state index >= 15 is 0 Å². The van der Waals surface area contributed by atoms with Crippen molar-refractivity contribution in [2.75, 3.05) is 13.1 Å². The monoisotopic (exact) mass is 290 g/mol. The molecule has 1 heterocycles. The predicted molar refractivity (Wildman–Crippen MR) is 88.2 cm³/mol. The molecule has 2 N–H and O–H groups in total. The molecule has 1 aliphatic rings. The van der Waals surface area contributed by atoms with Crippen LogP contribution in [0, 0.1) is 5.92 Å². The summed E-state index contributed by atoms with van der Waals surface area (Å²) in [5.74, 6) is 0.656. The first-order chi connectivity index (χ1) is 10.1. The van der Waals surface area contributed by atoms with Gasteiger partial charge in [0.25, 0.3) is 0 Å². The molecule has 1 aromatic rings. The van der Waals surface area contributed by atoms with Crippen LogP contribution < -0.4 is 5.32 Å². The molecule has 0 spiro atoms. The van der Waals surface area contributed by atoms with E-state index in [0.29, 0.717) is 18.0 Å². The topological polar surface area (TPSA) is 35.5 Å². The third-order valence-corrected chi connectivity index (χ3v) is 4.59. The highest BCUT2D eigenvalue weighted by molar-refractivity contribution is 5.15. The fourth-order valence-corrected chi connectivity index (χ4v) is 3.32. The number of nitrogens with one attached hydrogen (secondary N) is 1. The lowest BCUT2D eigenvalue weighted by molar-refractivity contribution is 0.172. The van der Waals surface area contributed by atoms with E-state index in [2.05, 4.69) is 61.3 Å². The lowest BCUT2D eigenvalue weighted by atomic mass is 10.0. The first-order valence-corrected chi connectivity index (χ1v) is 8.29. The molecule has 0 aliphatic carbocycles. The summed E-state index contributed by atoms with van der Waals surface area (Å²) in [7, 11) is 0. The summed E-state index contributed by atoms with van der Waals surface area (Å²) < 4.78 is 0. The number of β-amino-alcohol motifs (C(OH)–C–C–N with tert-alkyl or cyclic N) is 1. The minimum absolute atomic E-state index is 0.181. The fourth-order valence-electron chi connectivity index (χ4n) is 3.32. The second kappa shape index (κ2) is 7.92. The van der Waals surface area contributed by atoms with Crippen LogP contribution in [0.3, 0.4) is 0 Å². The van der Waals surface area contributed by atoms with Crippen LogP contribution in [0.15, 0.2) is 30.3 Å². The number of aliphatic hydroxyl groups excluding tert-OH is 1. The lowest BCUT2D eigenvalue weighted by Gasteiger charge is -2.28. The van der Waals surface area contributed by atoms with Crippen LogP contribution in [0.2, 0.25) is 0 Å². The summed E-state index contributed by atoms with van der Waals surface area (Å²) in [5.41, 5.74) is 1.33. The van der Waals surface area contributed by atoms with E-state index in [4.69, 9.17) is 0 Å². The van der Waals surface area contributed by atoms with Crippen LogP contribution in [0.1, 0.15) is 39.2 Å². The van der Waals surface area contributed by atoms with Crippen molar-refractivity contribution in [3.63, 3.8) is 0 Å². The van der Waals surface area contributed by atoms with Gasteiger partial charge in [-0.1, -0.05) is 51.1 Å². The Morgan fingerprint density at radius 1 is 1.29 bits per heavy atom. The van der Waals surface area contributed by atoms with E-state index in [1.54, 1.807) is 0 Å². The quantitative estimate of drug-likeness (QED) is 0.810. The van der Waals surface area contributed by atoms with Crippen molar-refractivity contribution < 1.29 is 5.11 Å². The molecule has 3 unspecified atom stereocenters. The molecular weight excluding hydrogens is 260 g/mol. The maximum Gasteiger partial charge on any atom is 0.0682 e.